The maximum absolute atomic E-state index is 11.0. The van der Waals surface area contributed by atoms with Gasteiger partial charge in [-0.05, 0) is 61.2 Å². The van der Waals surface area contributed by atoms with Crippen LogP contribution in [0, 0.1) is 6.92 Å². The molecule has 0 saturated carbocycles. The number of hydrogen-bond donors (Lipinski definition) is 1. The van der Waals surface area contributed by atoms with Crippen molar-refractivity contribution in [2.45, 2.75) is 44.9 Å². The van der Waals surface area contributed by atoms with Gasteiger partial charge >= 0.3 is 0 Å². The Balaban J connectivity index is 1.57. The molecule has 1 N–H and O–H groups in total. The van der Waals surface area contributed by atoms with Crippen molar-refractivity contribution in [2.75, 3.05) is 20.2 Å². The van der Waals surface area contributed by atoms with Crippen molar-refractivity contribution in [1.82, 2.24) is 14.5 Å². The Hall–Kier alpha value is -2.37. The van der Waals surface area contributed by atoms with Crippen molar-refractivity contribution in [3.63, 3.8) is 0 Å². The Bertz CT molecular complexity index is 1010. The molecule has 2 aromatic heterocycles. The minimum Gasteiger partial charge on any atom is -0.497 e. The first-order valence-electron chi connectivity index (χ1n) is 10.2. The molecule has 3 aromatic rings. The van der Waals surface area contributed by atoms with Crippen LogP contribution in [0.2, 0.25) is 0 Å². The van der Waals surface area contributed by atoms with E-state index in [9.17, 15) is 5.11 Å². The minimum absolute atomic E-state index is 0.509. The third-order valence-electron chi connectivity index (χ3n) is 6.37. The van der Waals surface area contributed by atoms with Crippen molar-refractivity contribution in [1.29, 1.82) is 0 Å². The van der Waals surface area contributed by atoms with Crippen molar-refractivity contribution >= 4 is 11.0 Å². The lowest BCUT2D eigenvalue weighted by Crippen LogP contribution is -2.31. The topological polar surface area (TPSA) is 50.5 Å². The standard InChI is InChI=1S/C23H27N3O2/c1-15-12-18-22-19-4-3-10-25(19)11-9-20(22)26(23(18)24-13-15)14-21(27)16-5-7-17(28-2)8-6-16/h5-8,12-13,19,21,27H,3-4,9-11,14H2,1-2H3. The van der Waals surface area contributed by atoms with Crippen LogP contribution in [0.15, 0.2) is 36.5 Å². The van der Waals surface area contributed by atoms with E-state index in [1.54, 1.807) is 7.11 Å². The Morgan fingerprint density at radius 3 is 2.86 bits per heavy atom. The summed E-state index contributed by atoms with van der Waals surface area (Å²) >= 11 is 0. The molecule has 5 nitrogen and oxygen atoms in total. The van der Waals surface area contributed by atoms with Crippen LogP contribution >= 0.6 is 0 Å². The van der Waals surface area contributed by atoms with E-state index < -0.39 is 6.10 Å². The maximum atomic E-state index is 11.0. The summed E-state index contributed by atoms with van der Waals surface area (Å²) < 4.78 is 7.51. The molecule has 0 bridgehead atoms. The maximum Gasteiger partial charge on any atom is 0.140 e. The van der Waals surface area contributed by atoms with Gasteiger partial charge in [0.05, 0.1) is 19.8 Å². The summed E-state index contributed by atoms with van der Waals surface area (Å²) in [4.78, 5) is 7.41. The molecule has 1 fully saturated rings. The fourth-order valence-electron chi connectivity index (χ4n) is 5.02. The monoisotopic (exact) mass is 377 g/mol. The van der Waals surface area contributed by atoms with E-state index in [2.05, 4.69) is 22.5 Å². The van der Waals surface area contributed by atoms with Crippen LogP contribution in [0.1, 0.15) is 47.4 Å². The molecule has 28 heavy (non-hydrogen) atoms. The lowest BCUT2D eigenvalue weighted by molar-refractivity contribution is 0.155. The zero-order valence-corrected chi connectivity index (χ0v) is 16.6. The summed E-state index contributed by atoms with van der Waals surface area (Å²) in [6.45, 7) is 4.94. The Kier molecular flexibility index (Phi) is 4.37. The average Bonchev–Trinajstić information content (AvgIpc) is 3.30. The number of aliphatic hydroxyl groups is 1. The zero-order valence-electron chi connectivity index (χ0n) is 16.6. The summed E-state index contributed by atoms with van der Waals surface area (Å²) in [5.74, 6) is 0.804. The van der Waals surface area contributed by atoms with Crippen LogP contribution in [0.3, 0.4) is 0 Å². The number of fused-ring (bicyclic) bond motifs is 5. The second-order valence-corrected chi connectivity index (χ2v) is 8.09. The number of pyridine rings is 1. The highest BCUT2D eigenvalue weighted by Crippen LogP contribution is 2.43. The van der Waals surface area contributed by atoms with Crippen molar-refractivity contribution in [3.8, 4) is 5.75 Å². The summed E-state index contributed by atoms with van der Waals surface area (Å²) in [7, 11) is 1.66. The van der Waals surface area contributed by atoms with Gasteiger partial charge in [-0.3, -0.25) is 4.90 Å². The zero-order chi connectivity index (χ0) is 19.3. The first-order valence-corrected chi connectivity index (χ1v) is 10.2. The number of aryl methyl sites for hydroxylation is 1. The molecule has 2 aliphatic rings. The summed E-state index contributed by atoms with van der Waals surface area (Å²) in [6.07, 6.45) is 4.88. The number of benzene rings is 1. The second-order valence-electron chi connectivity index (χ2n) is 8.09. The van der Waals surface area contributed by atoms with Gasteiger partial charge < -0.3 is 14.4 Å². The molecular weight excluding hydrogens is 350 g/mol. The minimum atomic E-state index is -0.574. The van der Waals surface area contributed by atoms with Gasteiger partial charge in [0.25, 0.3) is 0 Å². The molecule has 0 amide bonds. The van der Waals surface area contributed by atoms with Gasteiger partial charge in [0.15, 0.2) is 0 Å². The summed E-state index contributed by atoms with van der Waals surface area (Å²) in [5.41, 5.74) is 5.93. The second kappa shape index (κ2) is 6.90. The van der Waals surface area contributed by atoms with Crippen LogP contribution in [0.25, 0.3) is 11.0 Å². The number of ether oxygens (including phenoxy) is 1. The molecule has 2 atom stereocenters. The largest absolute Gasteiger partial charge is 0.497 e. The molecule has 0 aliphatic carbocycles. The Labute approximate surface area is 165 Å². The van der Waals surface area contributed by atoms with E-state index >= 15 is 0 Å². The molecule has 5 rings (SSSR count). The number of rotatable bonds is 4. The van der Waals surface area contributed by atoms with E-state index in [1.165, 1.54) is 41.6 Å². The number of hydrogen-bond acceptors (Lipinski definition) is 4. The molecule has 2 aliphatic heterocycles. The Morgan fingerprint density at radius 1 is 1.25 bits per heavy atom. The normalized spacial score (nSPS) is 20.2. The lowest BCUT2D eigenvalue weighted by atomic mass is 9.96. The van der Waals surface area contributed by atoms with E-state index in [1.807, 2.05) is 30.5 Å². The Morgan fingerprint density at radius 2 is 2.07 bits per heavy atom. The summed E-state index contributed by atoms with van der Waals surface area (Å²) in [5, 5.41) is 12.2. The quantitative estimate of drug-likeness (QED) is 0.752. The van der Waals surface area contributed by atoms with E-state index in [0.717, 1.165) is 29.9 Å². The van der Waals surface area contributed by atoms with Gasteiger partial charge in [0, 0.05) is 36.3 Å². The number of aliphatic hydroxyl groups excluding tert-OH is 1. The van der Waals surface area contributed by atoms with Crippen LogP contribution in [0.4, 0.5) is 0 Å². The van der Waals surface area contributed by atoms with Gasteiger partial charge in [-0.2, -0.15) is 0 Å². The van der Waals surface area contributed by atoms with E-state index in [-0.39, 0.29) is 0 Å². The number of methoxy groups -OCH3 is 1. The molecule has 0 spiro atoms. The highest BCUT2D eigenvalue weighted by Gasteiger charge is 2.35. The van der Waals surface area contributed by atoms with Crippen LogP contribution in [0.5, 0.6) is 5.75 Å². The SMILES string of the molecule is COc1ccc(C(O)Cn2c3c(c4cc(C)cnc42)C2CCCN2CC3)cc1. The van der Waals surface area contributed by atoms with Crippen LogP contribution < -0.4 is 4.74 Å². The van der Waals surface area contributed by atoms with Gasteiger partial charge in [0.1, 0.15) is 11.4 Å². The molecular formula is C23H27N3O2. The predicted octanol–water partition coefficient (Wildman–Crippen LogP) is 3.78. The molecule has 4 heterocycles. The fraction of sp³-hybridized carbons (Fsp3) is 0.435. The molecule has 2 unspecified atom stereocenters. The third-order valence-corrected chi connectivity index (χ3v) is 6.37. The first-order chi connectivity index (χ1) is 13.7. The highest BCUT2D eigenvalue weighted by molar-refractivity contribution is 5.84. The van der Waals surface area contributed by atoms with E-state index in [0.29, 0.717) is 12.6 Å². The van der Waals surface area contributed by atoms with Crippen LogP contribution in [-0.4, -0.2) is 39.8 Å². The average molecular weight is 377 g/mol. The molecule has 1 aromatic carbocycles. The third kappa shape index (κ3) is 2.81. The summed E-state index contributed by atoms with van der Waals surface area (Å²) in [6, 6.07) is 10.5. The predicted molar refractivity (Wildman–Crippen MR) is 110 cm³/mol. The molecule has 0 radical (unpaired) electrons. The van der Waals surface area contributed by atoms with Crippen LogP contribution in [-0.2, 0) is 13.0 Å². The van der Waals surface area contributed by atoms with Crippen molar-refractivity contribution in [2.24, 2.45) is 0 Å². The van der Waals surface area contributed by atoms with E-state index in [4.69, 9.17) is 9.72 Å². The molecule has 5 heteroatoms. The first kappa shape index (κ1) is 17.7. The highest BCUT2D eigenvalue weighted by atomic mass is 16.5. The lowest BCUT2D eigenvalue weighted by Gasteiger charge is -2.31. The van der Waals surface area contributed by atoms with Gasteiger partial charge in [-0.15, -0.1) is 0 Å². The van der Waals surface area contributed by atoms with Gasteiger partial charge in [0.2, 0.25) is 0 Å². The van der Waals surface area contributed by atoms with Crippen molar-refractivity contribution in [3.05, 3.63) is 58.9 Å². The smallest absolute Gasteiger partial charge is 0.140 e. The molecule has 1 saturated heterocycles. The van der Waals surface area contributed by atoms with Crippen molar-refractivity contribution < 1.29 is 9.84 Å². The van der Waals surface area contributed by atoms with Gasteiger partial charge in [-0.1, -0.05) is 12.1 Å². The molecule has 146 valence electrons. The van der Waals surface area contributed by atoms with Gasteiger partial charge in [-0.25, -0.2) is 4.98 Å². The number of aromatic nitrogens is 2. The number of nitrogens with zero attached hydrogens (tertiary/aromatic N) is 3. The fourth-order valence-corrected chi connectivity index (χ4v) is 5.02.